The molecule has 0 aliphatic carbocycles. The molecule has 0 amide bonds. The first-order chi connectivity index (χ1) is 9.89. The number of hydrogen-bond acceptors (Lipinski definition) is 2. The van der Waals surface area contributed by atoms with Crippen molar-refractivity contribution in [2.75, 3.05) is 6.61 Å². The van der Waals surface area contributed by atoms with Crippen molar-refractivity contribution < 1.29 is 9.53 Å². The van der Waals surface area contributed by atoms with Gasteiger partial charge in [-0.25, -0.2) is 0 Å². The molecule has 0 fully saturated rings. The first kappa shape index (κ1) is 17.3. The zero-order valence-corrected chi connectivity index (χ0v) is 13.1. The summed E-state index contributed by atoms with van der Waals surface area (Å²) in [6.07, 6.45) is 21.5. The normalized spacial score (nSPS) is 23.9. The average Bonchev–Trinajstić information content (AvgIpc) is 2.45. The largest absolute Gasteiger partial charge is 0.465 e. The van der Waals surface area contributed by atoms with Crippen LogP contribution in [-0.4, -0.2) is 12.6 Å². The van der Waals surface area contributed by atoms with Gasteiger partial charge in [-0.3, -0.25) is 4.79 Å². The van der Waals surface area contributed by atoms with Gasteiger partial charge in [0.25, 0.3) is 0 Å². The Morgan fingerprint density at radius 2 is 1.15 bits per heavy atom. The van der Waals surface area contributed by atoms with E-state index in [9.17, 15) is 4.79 Å². The predicted octanol–water partition coefficient (Wildman–Crippen LogP) is 5.56. The van der Waals surface area contributed by atoms with E-state index in [-0.39, 0.29) is 5.97 Å². The number of carbonyl (C=O) groups is 1. The number of carbonyl (C=O) groups excluding carboxylic acids is 1. The van der Waals surface area contributed by atoms with Crippen LogP contribution in [0, 0.1) is 0 Å². The van der Waals surface area contributed by atoms with Gasteiger partial charge in [0.05, 0.1) is 13.0 Å². The fourth-order valence-electron chi connectivity index (χ4n) is 2.67. The van der Waals surface area contributed by atoms with Crippen molar-refractivity contribution in [3.8, 4) is 0 Å². The number of esters is 1. The van der Waals surface area contributed by atoms with Gasteiger partial charge in [-0.2, -0.15) is 0 Å². The number of hydrogen-bond donors (Lipinski definition) is 0. The molecule has 0 saturated carbocycles. The molecule has 2 heteroatoms. The summed E-state index contributed by atoms with van der Waals surface area (Å²) in [7, 11) is 0. The van der Waals surface area contributed by atoms with E-state index >= 15 is 0 Å². The van der Waals surface area contributed by atoms with Crippen molar-refractivity contribution in [3.63, 3.8) is 0 Å². The van der Waals surface area contributed by atoms with Gasteiger partial charge >= 0.3 is 5.97 Å². The van der Waals surface area contributed by atoms with Crippen LogP contribution < -0.4 is 0 Å². The van der Waals surface area contributed by atoms with E-state index in [1.54, 1.807) is 0 Å². The van der Waals surface area contributed by atoms with Crippen molar-refractivity contribution in [1.82, 2.24) is 0 Å². The molecule has 1 heterocycles. The molecule has 1 rings (SSSR count). The van der Waals surface area contributed by atoms with Crippen LogP contribution in [-0.2, 0) is 9.53 Å². The second-order valence-electron chi connectivity index (χ2n) is 5.93. The van der Waals surface area contributed by atoms with Crippen LogP contribution in [0.25, 0.3) is 0 Å². The van der Waals surface area contributed by atoms with Crippen LogP contribution in [0.3, 0.4) is 0 Å². The number of cyclic esters (lactones) is 1. The molecule has 0 bridgehead atoms. The molecule has 0 radical (unpaired) electrons. The second-order valence-corrected chi connectivity index (χ2v) is 5.93. The fourth-order valence-corrected chi connectivity index (χ4v) is 2.67. The summed E-state index contributed by atoms with van der Waals surface area (Å²) < 4.78 is 5.22. The molecule has 0 aromatic heterocycles. The van der Waals surface area contributed by atoms with Crippen molar-refractivity contribution in [3.05, 3.63) is 12.2 Å². The van der Waals surface area contributed by atoms with Crippen LogP contribution in [0.15, 0.2) is 12.2 Å². The maximum Gasteiger partial charge on any atom is 0.309 e. The molecule has 20 heavy (non-hydrogen) atoms. The highest BCUT2D eigenvalue weighted by Gasteiger charge is 1.99. The Kier molecular flexibility index (Phi) is 11.4. The highest BCUT2D eigenvalue weighted by molar-refractivity contribution is 5.71. The van der Waals surface area contributed by atoms with Crippen LogP contribution >= 0.6 is 0 Å². The minimum atomic E-state index is -0.0702. The molecular formula is C18H32O2. The average molecular weight is 280 g/mol. The molecule has 116 valence electrons. The summed E-state index contributed by atoms with van der Waals surface area (Å²) in [6.45, 7) is 0.604. The molecule has 0 atom stereocenters. The third-order valence-corrected chi connectivity index (χ3v) is 3.98. The van der Waals surface area contributed by atoms with Gasteiger partial charge in [-0.15, -0.1) is 0 Å². The number of allylic oxidation sites excluding steroid dienone is 1. The minimum absolute atomic E-state index is 0.0702. The van der Waals surface area contributed by atoms with E-state index in [0.29, 0.717) is 13.0 Å². The lowest BCUT2D eigenvalue weighted by Crippen LogP contribution is -2.04. The topological polar surface area (TPSA) is 26.3 Å². The van der Waals surface area contributed by atoms with Crippen LogP contribution in [0.2, 0.25) is 0 Å². The van der Waals surface area contributed by atoms with Crippen molar-refractivity contribution in [2.24, 2.45) is 0 Å². The van der Waals surface area contributed by atoms with Crippen molar-refractivity contribution >= 4 is 5.97 Å². The summed E-state index contributed by atoms with van der Waals surface area (Å²) in [5.74, 6) is -0.0702. The second kappa shape index (κ2) is 13.2. The molecule has 0 aromatic carbocycles. The standard InChI is InChI=1S/C18H32O2/c19-18-16-14-12-10-8-6-4-2-1-3-5-7-9-11-13-15-17-20-18/h12,14H,1-11,13,15-17H2/b14-12-. The summed E-state index contributed by atoms with van der Waals surface area (Å²) >= 11 is 0. The lowest BCUT2D eigenvalue weighted by Gasteiger charge is -2.04. The van der Waals surface area contributed by atoms with E-state index in [1.165, 1.54) is 70.6 Å². The molecule has 1 aliphatic heterocycles. The van der Waals surface area contributed by atoms with Gasteiger partial charge in [0.1, 0.15) is 0 Å². The molecular weight excluding hydrogens is 248 g/mol. The molecule has 0 aromatic rings. The maximum absolute atomic E-state index is 11.4. The Morgan fingerprint density at radius 3 is 1.75 bits per heavy atom. The zero-order valence-electron chi connectivity index (χ0n) is 13.1. The third kappa shape index (κ3) is 11.1. The monoisotopic (exact) mass is 280 g/mol. The quantitative estimate of drug-likeness (QED) is 0.429. The predicted molar refractivity (Wildman–Crippen MR) is 84.7 cm³/mol. The molecule has 0 unspecified atom stereocenters. The molecule has 2 nitrogen and oxygen atoms in total. The van der Waals surface area contributed by atoms with E-state index in [2.05, 4.69) is 6.08 Å². The smallest absolute Gasteiger partial charge is 0.309 e. The molecule has 0 saturated heterocycles. The third-order valence-electron chi connectivity index (χ3n) is 3.98. The highest BCUT2D eigenvalue weighted by Crippen LogP contribution is 2.13. The molecule has 0 N–H and O–H groups in total. The highest BCUT2D eigenvalue weighted by atomic mass is 16.5. The van der Waals surface area contributed by atoms with Crippen molar-refractivity contribution in [2.45, 2.75) is 89.9 Å². The lowest BCUT2D eigenvalue weighted by atomic mass is 10.0. The van der Waals surface area contributed by atoms with E-state index in [0.717, 1.165) is 12.8 Å². The van der Waals surface area contributed by atoms with Crippen LogP contribution in [0.1, 0.15) is 89.9 Å². The Bertz CT molecular complexity index is 258. The molecule has 0 spiro atoms. The van der Waals surface area contributed by atoms with E-state index in [1.807, 2.05) is 6.08 Å². The Hall–Kier alpha value is -0.790. The Balaban J connectivity index is 2.16. The number of rotatable bonds is 0. The molecule has 1 aliphatic rings. The van der Waals surface area contributed by atoms with E-state index in [4.69, 9.17) is 4.74 Å². The van der Waals surface area contributed by atoms with Gasteiger partial charge in [-0.1, -0.05) is 76.4 Å². The van der Waals surface area contributed by atoms with Gasteiger partial charge in [0, 0.05) is 0 Å². The SMILES string of the molecule is O=C1C/C=C\CCCCCCCCCCCCCCO1. The van der Waals surface area contributed by atoms with Crippen molar-refractivity contribution in [1.29, 1.82) is 0 Å². The summed E-state index contributed by atoms with van der Waals surface area (Å²) in [6, 6.07) is 0. The van der Waals surface area contributed by atoms with Crippen LogP contribution in [0.5, 0.6) is 0 Å². The Morgan fingerprint density at radius 1 is 0.650 bits per heavy atom. The van der Waals surface area contributed by atoms with Gasteiger partial charge in [-0.05, 0) is 19.3 Å². The fraction of sp³-hybridized carbons (Fsp3) is 0.833. The van der Waals surface area contributed by atoms with Gasteiger partial charge < -0.3 is 4.74 Å². The van der Waals surface area contributed by atoms with Gasteiger partial charge in [0.2, 0.25) is 0 Å². The van der Waals surface area contributed by atoms with E-state index < -0.39 is 0 Å². The first-order valence-corrected chi connectivity index (χ1v) is 8.70. The summed E-state index contributed by atoms with van der Waals surface area (Å²) in [5, 5.41) is 0. The lowest BCUT2D eigenvalue weighted by molar-refractivity contribution is -0.142. The van der Waals surface area contributed by atoms with Crippen LogP contribution in [0.4, 0.5) is 0 Å². The summed E-state index contributed by atoms with van der Waals surface area (Å²) in [5.41, 5.74) is 0. The zero-order chi connectivity index (χ0) is 14.3. The maximum atomic E-state index is 11.4. The minimum Gasteiger partial charge on any atom is -0.465 e. The first-order valence-electron chi connectivity index (χ1n) is 8.70. The number of ether oxygens (including phenoxy) is 1. The summed E-state index contributed by atoms with van der Waals surface area (Å²) in [4.78, 5) is 11.4. The Labute approximate surface area is 125 Å². The van der Waals surface area contributed by atoms with Gasteiger partial charge in [0.15, 0.2) is 0 Å².